The molecule has 1 aromatic carbocycles. The van der Waals surface area contributed by atoms with Crippen LogP contribution in [0, 0.1) is 11.6 Å². The molecule has 1 atom stereocenters. The van der Waals surface area contributed by atoms with Gasteiger partial charge < -0.3 is 15.7 Å². The molecule has 5 nitrogen and oxygen atoms in total. The molecular formula is C10H8F2N2O3. The van der Waals surface area contributed by atoms with Gasteiger partial charge in [-0.1, -0.05) is 0 Å². The Kier molecular flexibility index (Phi) is 2.66. The molecule has 1 heterocycles. The molecular weight excluding hydrogens is 234 g/mol. The van der Waals surface area contributed by atoms with Crippen LogP contribution in [0.2, 0.25) is 0 Å². The highest BCUT2D eigenvalue weighted by Crippen LogP contribution is 2.31. The summed E-state index contributed by atoms with van der Waals surface area (Å²) in [7, 11) is 0. The quantitative estimate of drug-likeness (QED) is 0.727. The van der Waals surface area contributed by atoms with Crippen LogP contribution in [-0.4, -0.2) is 23.0 Å². The van der Waals surface area contributed by atoms with Crippen molar-refractivity contribution >= 4 is 23.3 Å². The molecule has 90 valence electrons. The van der Waals surface area contributed by atoms with Crippen molar-refractivity contribution in [2.75, 3.05) is 10.6 Å². The van der Waals surface area contributed by atoms with E-state index in [1.165, 1.54) is 0 Å². The highest BCUT2D eigenvalue weighted by atomic mass is 19.1. The normalized spacial score (nSPS) is 18.0. The number of fused-ring (bicyclic) bond motifs is 1. The van der Waals surface area contributed by atoms with Gasteiger partial charge in [0.1, 0.15) is 11.9 Å². The van der Waals surface area contributed by atoms with Crippen LogP contribution in [0.3, 0.4) is 0 Å². The number of nitrogens with one attached hydrogen (secondary N) is 2. The van der Waals surface area contributed by atoms with Crippen molar-refractivity contribution in [2.45, 2.75) is 12.5 Å². The monoisotopic (exact) mass is 242 g/mol. The number of carbonyl (C=O) groups is 2. The first-order valence-corrected chi connectivity index (χ1v) is 4.75. The fraction of sp³-hybridized carbons (Fsp3) is 0.200. The van der Waals surface area contributed by atoms with Crippen LogP contribution < -0.4 is 10.6 Å². The van der Waals surface area contributed by atoms with Gasteiger partial charge in [0.05, 0.1) is 17.8 Å². The summed E-state index contributed by atoms with van der Waals surface area (Å²) in [6, 6.07) is 0.543. The third-order valence-electron chi connectivity index (χ3n) is 2.33. The molecule has 0 aliphatic carbocycles. The van der Waals surface area contributed by atoms with E-state index in [1.54, 1.807) is 0 Å². The zero-order valence-electron chi connectivity index (χ0n) is 8.46. The van der Waals surface area contributed by atoms with Gasteiger partial charge in [-0.15, -0.1) is 0 Å². The third-order valence-corrected chi connectivity index (χ3v) is 2.33. The second-order valence-corrected chi connectivity index (χ2v) is 3.59. The van der Waals surface area contributed by atoms with Crippen LogP contribution in [-0.2, 0) is 9.59 Å². The first kappa shape index (κ1) is 11.3. The van der Waals surface area contributed by atoms with E-state index in [0.29, 0.717) is 6.07 Å². The minimum absolute atomic E-state index is 0.0332. The molecule has 0 aromatic heterocycles. The van der Waals surface area contributed by atoms with Gasteiger partial charge in [-0.2, -0.15) is 0 Å². The van der Waals surface area contributed by atoms with Gasteiger partial charge in [-0.05, 0) is 6.07 Å². The first-order valence-electron chi connectivity index (χ1n) is 4.75. The standard InChI is InChI=1S/C10H8F2N2O3/c11-4-1-5(12)9-6(2-4)14-10(17)7(13-9)3-8(15)16/h1-2,7,13H,3H2,(H,14,17)(H,15,16). The lowest BCUT2D eigenvalue weighted by molar-refractivity contribution is -0.138. The minimum Gasteiger partial charge on any atom is -0.481 e. The van der Waals surface area contributed by atoms with Gasteiger partial charge in [0.15, 0.2) is 5.82 Å². The van der Waals surface area contributed by atoms with Crippen LogP contribution in [0.5, 0.6) is 0 Å². The first-order chi connectivity index (χ1) is 7.97. The molecule has 2 rings (SSSR count). The van der Waals surface area contributed by atoms with Crippen molar-refractivity contribution in [3.8, 4) is 0 Å². The van der Waals surface area contributed by atoms with Crippen molar-refractivity contribution in [3.63, 3.8) is 0 Å². The summed E-state index contributed by atoms with van der Waals surface area (Å²) in [5.74, 6) is -3.52. The highest BCUT2D eigenvalue weighted by molar-refractivity contribution is 6.04. The number of halogens is 2. The van der Waals surface area contributed by atoms with E-state index in [2.05, 4.69) is 10.6 Å². The molecule has 7 heteroatoms. The van der Waals surface area contributed by atoms with Crippen LogP contribution in [0.15, 0.2) is 12.1 Å². The van der Waals surface area contributed by atoms with E-state index in [-0.39, 0.29) is 11.4 Å². The fourth-order valence-corrected chi connectivity index (χ4v) is 1.60. The smallest absolute Gasteiger partial charge is 0.305 e. The second-order valence-electron chi connectivity index (χ2n) is 3.59. The molecule has 1 aliphatic heterocycles. The molecule has 3 N–H and O–H groups in total. The molecule has 17 heavy (non-hydrogen) atoms. The lowest BCUT2D eigenvalue weighted by atomic mass is 10.1. The topological polar surface area (TPSA) is 78.4 Å². The summed E-state index contributed by atoms with van der Waals surface area (Å²) in [4.78, 5) is 21.9. The van der Waals surface area contributed by atoms with Gasteiger partial charge in [0.25, 0.3) is 0 Å². The zero-order chi connectivity index (χ0) is 12.6. The molecule has 1 unspecified atom stereocenters. The Hall–Kier alpha value is -2.18. The van der Waals surface area contributed by atoms with Gasteiger partial charge >= 0.3 is 5.97 Å². The predicted octanol–water partition coefficient (Wildman–Crippen LogP) is 1.17. The molecule has 0 saturated carbocycles. The summed E-state index contributed by atoms with van der Waals surface area (Å²) in [5, 5.41) is 13.3. The maximum Gasteiger partial charge on any atom is 0.305 e. The van der Waals surface area contributed by atoms with E-state index in [9.17, 15) is 18.4 Å². The van der Waals surface area contributed by atoms with Gasteiger partial charge in [-0.25, -0.2) is 8.78 Å². The number of anilines is 2. The van der Waals surface area contributed by atoms with Gasteiger partial charge in [-0.3, -0.25) is 9.59 Å². The molecule has 0 saturated heterocycles. The molecule has 0 radical (unpaired) electrons. The zero-order valence-corrected chi connectivity index (χ0v) is 8.46. The van der Waals surface area contributed by atoms with E-state index < -0.39 is 36.0 Å². The summed E-state index contributed by atoms with van der Waals surface area (Å²) >= 11 is 0. The van der Waals surface area contributed by atoms with Crippen LogP contribution in [0.4, 0.5) is 20.2 Å². The minimum atomic E-state index is -1.19. The number of amides is 1. The Bertz CT molecular complexity index is 505. The Morgan fingerprint density at radius 1 is 1.41 bits per heavy atom. The van der Waals surface area contributed by atoms with Crippen molar-refractivity contribution in [2.24, 2.45) is 0 Å². The largest absolute Gasteiger partial charge is 0.481 e. The fourth-order valence-electron chi connectivity index (χ4n) is 1.60. The Balaban J connectivity index is 2.34. The Morgan fingerprint density at radius 2 is 2.12 bits per heavy atom. The highest BCUT2D eigenvalue weighted by Gasteiger charge is 2.29. The molecule has 1 amide bonds. The average molecular weight is 242 g/mol. The Morgan fingerprint density at radius 3 is 2.76 bits per heavy atom. The van der Waals surface area contributed by atoms with Crippen LogP contribution in [0.25, 0.3) is 0 Å². The lowest BCUT2D eigenvalue weighted by Gasteiger charge is -2.26. The molecule has 1 aromatic rings. The van der Waals surface area contributed by atoms with Crippen LogP contribution in [0.1, 0.15) is 6.42 Å². The number of carbonyl (C=O) groups excluding carboxylic acids is 1. The van der Waals surface area contributed by atoms with Gasteiger partial charge in [0.2, 0.25) is 5.91 Å². The number of carboxylic acids is 1. The summed E-state index contributed by atoms with van der Waals surface area (Å²) < 4.78 is 26.2. The number of hydrogen-bond donors (Lipinski definition) is 3. The number of rotatable bonds is 2. The number of hydrogen-bond acceptors (Lipinski definition) is 3. The molecule has 0 bridgehead atoms. The Labute approximate surface area is 94.4 Å². The van der Waals surface area contributed by atoms with Crippen LogP contribution >= 0.6 is 0 Å². The second kappa shape index (κ2) is 4.00. The van der Waals surface area contributed by atoms with Gasteiger partial charge in [0, 0.05) is 6.07 Å². The molecule has 0 fully saturated rings. The number of aliphatic carboxylic acids is 1. The van der Waals surface area contributed by atoms with Crippen molar-refractivity contribution in [3.05, 3.63) is 23.8 Å². The maximum absolute atomic E-state index is 13.4. The van der Waals surface area contributed by atoms with Crippen molar-refractivity contribution in [1.29, 1.82) is 0 Å². The average Bonchev–Trinajstić information content (AvgIpc) is 2.19. The molecule has 1 aliphatic rings. The number of carboxylic acid groups (broad SMARTS) is 1. The van der Waals surface area contributed by atoms with E-state index in [1.807, 2.05) is 0 Å². The SMILES string of the molecule is O=C(O)CC1Nc2c(F)cc(F)cc2NC1=O. The number of benzene rings is 1. The van der Waals surface area contributed by atoms with E-state index >= 15 is 0 Å². The summed E-state index contributed by atoms with van der Waals surface area (Å²) in [5.41, 5.74) is -0.133. The van der Waals surface area contributed by atoms with E-state index in [0.717, 1.165) is 6.07 Å². The lowest BCUT2D eigenvalue weighted by Crippen LogP contribution is -2.40. The van der Waals surface area contributed by atoms with E-state index in [4.69, 9.17) is 5.11 Å². The third kappa shape index (κ3) is 2.17. The molecule has 0 spiro atoms. The summed E-state index contributed by atoms with van der Waals surface area (Å²) in [6.45, 7) is 0. The predicted molar refractivity (Wildman–Crippen MR) is 54.7 cm³/mol. The van der Waals surface area contributed by atoms with Crippen molar-refractivity contribution in [1.82, 2.24) is 0 Å². The van der Waals surface area contributed by atoms with Crippen molar-refractivity contribution < 1.29 is 23.5 Å². The maximum atomic E-state index is 13.4. The summed E-state index contributed by atoms with van der Waals surface area (Å²) in [6.07, 6.45) is -0.484.